The maximum Gasteiger partial charge on any atom is 0.273 e. The van der Waals surface area contributed by atoms with Crippen LogP contribution in [0, 0.1) is 28.4 Å². The van der Waals surface area contributed by atoms with Crippen LogP contribution >= 0.6 is 0 Å². The molecule has 0 atom stereocenters. The molecule has 0 fully saturated rings. The van der Waals surface area contributed by atoms with Crippen LogP contribution in [0.3, 0.4) is 0 Å². The number of hydrogen-bond acceptors (Lipinski definition) is 7. The van der Waals surface area contributed by atoms with Gasteiger partial charge >= 0.3 is 0 Å². The van der Waals surface area contributed by atoms with Gasteiger partial charge in [0, 0.05) is 19.3 Å². The van der Waals surface area contributed by atoms with E-state index in [-0.39, 0.29) is 34.0 Å². The van der Waals surface area contributed by atoms with E-state index >= 15 is 0 Å². The van der Waals surface area contributed by atoms with Crippen LogP contribution in [0.1, 0.15) is 16.7 Å². The minimum absolute atomic E-state index is 0.0996. The Hall–Kier alpha value is -3.67. The zero-order valence-electron chi connectivity index (χ0n) is 13.7. The fourth-order valence-electron chi connectivity index (χ4n) is 2.21. The molecule has 0 radical (unpaired) electrons. The number of hydrogen-bond donors (Lipinski definition) is 1. The van der Waals surface area contributed by atoms with Gasteiger partial charge in [-0.1, -0.05) is 0 Å². The molecule has 1 aromatic heterocycles. The monoisotopic (exact) mass is 342 g/mol. The average molecular weight is 342 g/mol. The van der Waals surface area contributed by atoms with Crippen LogP contribution in [0.25, 0.3) is 0 Å². The lowest BCUT2D eigenvalue weighted by Crippen LogP contribution is -2.22. The van der Waals surface area contributed by atoms with Gasteiger partial charge in [0.05, 0.1) is 23.7 Å². The highest BCUT2D eigenvalue weighted by atomic mass is 16.6. The maximum absolute atomic E-state index is 11.9. The van der Waals surface area contributed by atoms with Crippen molar-refractivity contribution in [2.24, 2.45) is 12.0 Å². The number of benzene rings is 1. The Morgan fingerprint density at radius 3 is 2.72 bits per heavy atom. The van der Waals surface area contributed by atoms with E-state index in [9.17, 15) is 20.0 Å². The third kappa shape index (κ3) is 3.18. The van der Waals surface area contributed by atoms with Crippen molar-refractivity contribution in [1.82, 2.24) is 4.57 Å². The number of rotatable bonds is 4. The number of aromatic nitrogens is 1. The number of non-ortho nitro benzene ring substituents is 1. The molecule has 0 saturated carbocycles. The zero-order valence-corrected chi connectivity index (χ0v) is 13.7. The predicted octanol–water partition coefficient (Wildman–Crippen LogP) is 1.94. The van der Waals surface area contributed by atoms with Crippen molar-refractivity contribution in [3.63, 3.8) is 0 Å². The summed E-state index contributed by atoms with van der Waals surface area (Å²) >= 11 is 0. The van der Waals surface area contributed by atoms with Crippen LogP contribution in [-0.2, 0) is 7.05 Å². The molecule has 2 rings (SSSR count). The Morgan fingerprint density at radius 1 is 1.48 bits per heavy atom. The number of nitriles is 1. The van der Waals surface area contributed by atoms with E-state index in [4.69, 9.17) is 10.00 Å². The lowest BCUT2D eigenvalue weighted by molar-refractivity contribution is -0.384. The van der Waals surface area contributed by atoms with Crippen molar-refractivity contribution >= 4 is 17.6 Å². The molecule has 0 spiro atoms. The maximum atomic E-state index is 11.9. The fraction of sp³-hybridized carbons (Fsp3) is 0.188. The van der Waals surface area contributed by atoms with Crippen molar-refractivity contribution in [3.05, 3.63) is 55.4 Å². The molecule has 0 unspecified atom stereocenters. The lowest BCUT2D eigenvalue weighted by atomic mass is 10.1. The largest absolute Gasteiger partial charge is 0.494 e. The first kappa shape index (κ1) is 17.7. The van der Waals surface area contributed by atoms with Gasteiger partial charge in [-0.25, -0.2) is 0 Å². The highest BCUT2D eigenvalue weighted by Crippen LogP contribution is 2.31. The molecule has 0 aliphatic rings. The Morgan fingerprint density at radius 2 is 2.16 bits per heavy atom. The summed E-state index contributed by atoms with van der Waals surface area (Å²) in [5.41, 5.74) is -0.0882. The van der Waals surface area contributed by atoms with Crippen LogP contribution in [0.15, 0.2) is 28.0 Å². The molecule has 1 aromatic carbocycles. The Kier molecular flexibility index (Phi) is 4.84. The van der Waals surface area contributed by atoms with Crippen LogP contribution < -0.4 is 10.3 Å². The van der Waals surface area contributed by atoms with E-state index in [1.807, 2.05) is 0 Å². The molecule has 2 aromatic rings. The highest BCUT2D eigenvalue weighted by molar-refractivity contribution is 5.88. The standard InChI is InChI=1S/C16H14N4O5/c1-9-11(7-17)15(21)19(2)16(22)12(9)8-18-13-5-4-10(20(23)24)6-14(13)25-3/h4-6,8,22H,1-3H3. The van der Waals surface area contributed by atoms with Crippen LogP contribution in [0.2, 0.25) is 0 Å². The molecule has 0 bridgehead atoms. The first-order valence-corrected chi connectivity index (χ1v) is 7.01. The Labute approximate surface area is 142 Å². The van der Waals surface area contributed by atoms with Crippen LogP contribution in [-0.4, -0.2) is 27.9 Å². The van der Waals surface area contributed by atoms with Gasteiger partial charge in [-0.05, 0) is 18.6 Å². The van der Waals surface area contributed by atoms with Gasteiger partial charge in [0.2, 0.25) is 5.88 Å². The molecule has 0 aliphatic heterocycles. The minimum atomic E-state index is -0.609. The second-order valence-electron chi connectivity index (χ2n) is 5.08. The van der Waals surface area contributed by atoms with Gasteiger partial charge in [0.25, 0.3) is 11.2 Å². The number of nitrogens with zero attached hydrogens (tertiary/aromatic N) is 4. The van der Waals surface area contributed by atoms with Crippen LogP contribution in [0.5, 0.6) is 11.6 Å². The quantitative estimate of drug-likeness (QED) is 0.513. The summed E-state index contributed by atoms with van der Waals surface area (Å²) in [5, 5.41) is 30.1. The van der Waals surface area contributed by atoms with Crippen molar-refractivity contribution in [2.45, 2.75) is 6.92 Å². The number of aromatic hydroxyl groups is 1. The summed E-state index contributed by atoms with van der Waals surface area (Å²) in [6.45, 7) is 1.52. The smallest absolute Gasteiger partial charge is 0.273 e. The second kappa shape index (κ2) is 6.84. The lowest BCUT2D eigenvalue weighted by Gasteiger charge is -2.10. The zero-order chi connectivity index (χ0) is 18.7. The van der Waals surface area contributed by atoms with Gasteiger partial charge in [-0.3, -0.25) is 24.5 Å². The number of pyridine rings is 1. The molecule has 9 nitrogen and oxygen atoms in total. The average Bonchev–Trinajstić information content (AvgIpc) is 2.60. The van der Waals surface area contributed by atoms with E-state index in [2.05, 4.69) is 4.99 Å². The first-order valence-electron chi connectivity index (χ1n) is 7.01. The number of methoxy groups -OCH3 is 1. The molecule has 0 aliphatic carbocycles. The molecule has 25 heavy (non-hydrogen) atoms. The summed E-state index contributed by atoms with van der Waals surface area (Å²) in [6.07, 6.45) is 1.27. The molecule has 0 saturated heterocycles. The summed E-state index contributed by atoms with van der Waals surface area (Å²) < 4.78 is 6.03. The van der Waals surface area contributed by atoms with Crippen molar-refractivity contribution in [3.8, 4) is 17.7 Å². The molecular weight excluding hydrogens is 328 g/mol. The van der Waals surface area contributed by atoms with Gasteiger partial charge in [0.1, 0.15) is 17.3 Å². The van der Waals surface area contributed by atoms with Crippen LogP contribution in [0.4, 0.5) is 11.4 Å². The molecular formula is C16H14N4O5. The molecule has 0 amide bonds. The van der Waals surface area contributed by atoms with Crippen molar-refractivity contribution < 1.29 is 14.8 Å². The molecule has 9 heteroatoms. The third-order valence-electron chi connectivity index (χ3n) is 3.67. The minimum Gasteiger partial charge on any atom is -0.494 e. The normalized spacial score (nSPS) is 10.6. The van der Waals surface area contributed by atoms with Crippen molar-refractivity contribution in [1.29, 1.82) is 5.26 Å². The van der Waals surface area contributed by atoms with Gasteiger partial charge in [-0.2, -0.15) is 5.26 Å². The Bertz CT molecular complexity index is 985. The third-order valence-corrected chi connectivity index (χ3v) is 3.67. The van der Waals surface area contributed by atoms with Gasteiger partial charge in [0.15, 0.2) is 5.75 Å². The van der Waals surface area contributed by atoms with Gasteiger partial charge in [-0.15, -0.1) is 0 Å². The predicted molar refractivity (Wildman–Crippen MR) is 89.7 cm³/mol. The molecule has 1 heterocycles. The van der Waals surface area contributed by atoms with E-state index in [1.54, 1.807) is 6.07 Å². The summed E-state index contributed by atoms with van der Waals surface area (Å²) in [4.78, 5) is 26.3. The topological polar surface area (TPSA) is 131 Å². The first-order chi connectivity index (χ1) is 11.8. The molecule has 1 N–H and O–H groups in total. The van der Waals surface area contributed by atoms with Crippen molar-refractivity contribution in [2.75, 3.05) is 7.11 Å². The number of ether oxygens (including phenoxy) is 1. The summed E-state index contributed by atoms with van der Waals surface area (Å²) in [7, 11) is 2.68. The van der Waals surface area contributed by atoms with E-state index in [0.717, 1.165) is 4.57 Å². The summed E-state index contributed by atoms with van der Waals surface area (Å²) in [6, 6.07) is 5.69. The van der Waals surface area contributed by atoms with E-state index < -0.39 is 10.5 Å². The number of aliphatic imine (C=N–C) groups is 1. The highest BCUT2D eigenvalue weighted by Gasteiger charge is 2.16. The Balaban J connectivity index is 2.58. The fourth-order valence-corrected chi connectivity index (χ4v) is 2.21. The number of nitro benzene ring substituents is 1. The summed E-state index contributed by atoms with van der Waals surface area (Å²) in [5.74, 6) is -0.168. The van der Waals surface area contributed by atoms with E-state index in [1.165, 1.54) is 45.5 Å². The van der Waals surface area contributed by atoms with E-state index in [0.29, 0.717) is 5.69 Å². The second-order valence-corrected chi connectivity index (χ2v) is 5.08. The number of nitro groups is 1. The van der Waals surface area contributed by atoms with Gasteiger partial charge < -0.3 is 9.84 Å². The SMILES string of the molecule is COc1cc([N+](=O)[O-])ccc1N=Cc1c(C)c(C#N)c(=O)n(C)c1O. The molecule has 128 valence electrons.